The highest BCUT2D eigenvalue weighted by atomic mass is 16.5. The van der Waals surface area contributed by atoms with Crippen LogP contribution < -0.4 is 14.2 Å². The van der Waals surface area contributed by atoms with Crippen LogP contribution in [-0.4, -0.2) is 33.8 Å². The van der Waals surface area contributed by atoms with E-state index in [0.29, 0.717) is 36.6 Å². The van der Waals surface area contributed by atoms with Crippen molar-refractivity contribution in [1.82, 2.24) is 0 Å². The number of carbonyl (C=O) groups is 1. The van der Waals surface area contributed by atoms with Crippen LogP contribution in [0.1, 0.15) is 37.0 Å². The average molecular weight is 349 g/mol. The van der Waals surface area contributed by atoms with Gasteiger partial charge in [-0.05, 0) is 36.8 Å². The fourth-order valence-electron chi connectivity index (χ4n) is 3.31. The summed E-state index contributed by atoms with van der Waals surface area (Å²) in [6.45, 7) is 1.74. The Balaban J connectivity index is 2.55. The SMILES string of the molecule is COc1cc2c(c(OC)c1OC)CC[C@@H](CN=[N+]=[N-])CC2OC(C)=O. The molecule has 0 aromatic heterocycles. The second-order valence-electron chi connectivity index (χ2n) is 5.87. The fraction of sp³-hybridized carbons (Fsp3) is 0.588. The van der Waals surface area contributed by atoms with E-state index < -0.39 is 6.10 Å². The second kappa shape index (κ2) is 8.48. The van der Waals surface area contributed by atoms with Crippen molar-refractivity contribution < 1.29 is 23.7 Å². The topological polar surface area (TPSA) is 103 Å². The number of hydrogen-bond donors (Lipinski definition) is 0. The first kappa shape index (κ1) is 18.7. The lowest BCUT2D eigenvalue weighted by molar-refractivity contribution is -0.147. The first-order valence-corrected chi connectivity index (χ1v) is 8.05. The molecule has 0 spiro atoms. The van der Waals surface area contributed by atoms with Crippen molar-refractivity contribution in [2.24, 2.45) is 11.0 Å². The molecule has 2 atom stereocenters. The molecule has 25 heavy (non-hydrogen) atoms. The first-order chi connectivity index (χ1) is 12.0. The zero-order valence-corrected chi connectivity index (χ0v) is 14.9. The Labute approximate surface area is 146 Å². The molecule has 1 unspecified atom stereocenters. The van der Waals surface area contributed by atoms with E-state index in [-0.39, 0.29) is 11.9 Å². The summed E-state index contributed by atoms with van der Waals surface area (Å²) >= 11 is 0. The summed E-state index contributed by atoms with van der Waals surface area (Å²) < 4.78 is 22.0. The van der Waals surface area contributed by atoms with Crippen molar-refractivity contribution in [3.63, 3.8) is 0 Å². The summed E-state index contributed by atoms with van der Waals surface area (Å²) in [5.41, 5.74) is 10.4. The van der Waals surface area contributed by atoms with Gasteiger partial charge in [-0.25, -0.2) is 0 Å². The van der Waals surface area contributed by atoms with Crippen LogP contribution in [0.15, 0.2) is 11.2 Å². The van der Waals surface area contributed by atoms with Gasteiger partial charge in [0.1, 0.15) is 6.10 Å². The second-order valence-corrected chi connectivity index (χ2v) is 5.87. The van der Waals surface area contributed by atoms with Crippen LogP contribution in [0.5, 0.6) is 17.2 Å². The molecule has 0 amide bonds. The van der Waals surface area contributed by atoms with Crippen LogP contribution in [0.4, 0.5) is 0 Å². The van der Waals surface area contributed by atoms with Gasteiger partial charge in [-0.2, -0.15) is 0 Å². The maximum absolute atomic E-state index is 11.6. The van der Waals surface area contributed by atoms with Crippen LogP contribution >= 0.6 is 0 Å². The van der Waals surface area contributed by atoms with Crippen molar-refractivity contribution >= 4 is 5.97 Å². The van der Waals surface area contributed by atoms with Crippen molar-refractivity contribution in [2.75, 3.05) is 27.9 Å². The molecule has 1 aromatic carbocycles. The van der Waals surface area contributed by atoms with E-state index >= 15 is 0 Å². The highest BCUT2D eigenvalue weighted by molar-refractivity contribution is 5.67. The predicted molar refractivity (Wildman–Crippen MR) is 91.0 cm³/mol. The number of hydrogen-bond acceptors (Lipinski definition) is 6. The average Bonchev–Trinajstić information content (AvgIpc) is 2.77. The lowest BCUT2D eigenvalue weighted by Crippen LogP contribution is -2.14. The molecule has 8 nitrogen and oxygen atoms in total. The van der Waals surface area contributed by atoms with E-state index in [1.54, 1.807) is 21.3 Å². The summed E-state index contributed by atoms with van der Waals surface area (Å²) in [6, 6.07) is 1.83. The van der Waals surface area contributed by atoms with Crippen LogP contribution in [0, 0.1) is 5.92 Å². The summed E-state index contributed by atoms with van der Waals surface area (Å²) in [5, 5.41) is 3.68. The van der Waals surface area contributed by atoms with E-state index in [0.717, 1.165) is 17.5 Å². The van der Waals surface area contributed by atoms with E-state index in [9.17, 15) is 4.79 Å². The van der Waals surface area contributed by atoms with Crippen LogP contribution in [0.3, 0.4) is 0 Å². The molecule has 0 fully saturated rings. The zero-order chi connectivity index (χ0) is 18.4. The number of nitrogens with zero attached hydrogens (tertiary/aromatic N) is 3. The number of fused-ring (bicyclic) bond motifs is 1. The van der Waals surface area contributed by atoms with Crippen LogP contribution in [0.2, 0.25) is 0 Å². The number of esters is 1. The van der Waals surface area contributed by atoms with Gasteiger partial charge in [-0.15, -0.1) is 0 Å². The third-order valence-electron chi connectivity index (χ3n) is 4.38. The minimum absolute atomic E-state index is 0.106. The van der Waals surface area contributed by atoms with E-state index in [2.05, 4.69) is 10.0 Å². The number of carbonyl (C=O) groups excluding carboxylic acids is 1. The molecule has 136 valence electrons. The number of methoxy groups -OCH3 is 3. The molecule has 1 aliphatic carbocycles. The standard InChI is InChI=1S/C17H23N3O5/c1-10(21)25-14-7-11(9-19-20-18)5-6-12-13(14)8-15(22-2)17(24-4)16(12)23-3/h8,11,14H,5-7,9H2,1-4H3/t11-,14?/m1/s1. The quantitative estimate of drug-likeness (QED) is 0.257. The number of ether oxygens (including phenoxy) is 4. The Bertz CT molecular complexity index is 685. The molecular formula is C17H23N3O5. The fourth-order valence-corrected chi connectivity index (χ4v) is 3.31. The van der Waals surface area contributed by atoms with E-state index in [4.69, 9.17) is 24.5 Å². The Morgan fingerprint density at radius 1 is 1.28 bits per heavy atom. The monoisotopic (exact) mass is 349 g/mol. The summed E-state index contributed by atoms with van der Waals surface area (Å²) in [5.74, 6) is 1.35. The van der Waals surface area contributed by atoms with Gasteiger partial charge in [0, 0.05) is 29.5 Å². The van der Waals surface area contributed by atoms with Gasteiger partial charge in [0.25, 0.3) is 0 Å². The molecular weight excluding hydrogens is 326 g/mol. The van der Waals surface area contributed by atoms with Gasteiger partial charge in [0.15, 0.2) is 11.5 Å². The van der Waals surface area contributed by atoms with Crippen molar-refractivity contribution in [2.45, 2.75) is 32.3 Å². The van der Waals surface area contributed by atoms with Crippen molar-refractivity contribution in [3.05, 3.63) is 27.6 Å². The van der Waals surface area contributed by atoms with Crippen molar-refractivity contribution in [3.8, 4) is 17.2 Å². The van der Waals surface area contributed by atoms with Crippen LogP contribution in [-0.2, 0) is 16.0 Å². The highest BCUT2D eigenvalue weighted by Gasteiger charge is 2.31. The molecule has 1 aliphatic rings. The lowest BCUT2D eigenvalue weighted by Gasteiger charge is -2.23. The van der Waals surface area contributed by atoms with Gasteiger partial charge in [-0.1, -0.05) is 5.11 Å². The van der Waals surface area contributed by atoms with E-state index in [1.165, 1.54) is 6.92 Å². The molecule has 0 bridgehead atoms. The Kier molecular flexibility index (Phi) is 6.36. The zero-order valence-electron chi connectivity index (χ0n) is 14.9. The predicted octanol–water partition coefficient (Wildman–Crippen LogP) is 3.58. The highest BCUT2D eigenvalue weighted by Crippen LogP contribution is 2.47. The summed E-state index contributed by atoms with van der Waals surface area (Å²) in [4.78, 5) is 14.4. The molecule has 2 rings (SSSR count). The number of benzene rings is 1. The van der Waals surface area contributed by atoms with Gasteiger partial charge in [-0.3, -0.25) is 4.79 Å². The molecule has 0 aliphatic heterocycles. The third kappa shape index (κ3) is 4.09. The Morgan fingerprint density at radius 2 is 2.00 bits per heavy atom. The van der Waals surface area contributed by atoms with Crippen molar-refractivity contribution in [1.29, 1.82) is 0 Å². The normalized spacial score (nSPS) is 19.0. The van der Waals surface area contributed by atoms with Gasteiger partial charge in [0.2, 0.25) is 5.75 Å². The maximum Gasteiger partial charge on any atom is 0.303 e. The minimum Gasteiger partial charge on any atom is -0.493 e. The van der Waals surface area contributed by atoms with E-state index in [1.807, 2.05) is 6.07 Å². The minimum atomic E-state index is -0.456. The molecule has 0 saturated heterocycles. The largest absolute Gasteiger partial charge is 0.493 e. The molecule has 8 heteroatoms. The smallest absolute Gasteiger partial charge is 0.303 e. The third-order valence-corrected chi connectivity index (χ3v) is 4.38. The first-order valence-electron chi connectivity index (χ1n) is 8.05. The molecule has 1 aromatic rings. The van der Waals surface area contributed by atoms with Gasteiger partial charge < -0.3 is 18.9 Å². The van der Waals surface area contributed by atoms with Gasteiger partial charge in [0.05, 0.1) is 21.3 Å². The lowest BCUT2D eigenvalue weighted by atomic mass is 9.97. The van der Waals surface area contributed by atoms with Gasteiger partial charge >= 0.3 is 5.97 Å². The number of azide groups is 1. The Hall–Kier alpha value is -2.60. The molecule has 0 saturated carbocycles. The molecule has 0 heterocycles. The summed E-state index contributed by atoms with van der Waals surface area (Å²) in [6.07, 6.45) is 1.60. The molecule has 0 radical (unpaired) electrons. The Morgan fingerprint density at radius 3 is 2.56 bits per heavy atom. The maximum atomic E-state index is 11.6. The van der Waals surface area contributed by atoms with Crippen LogP contribution in [0.25, 0.3) is 10.4 Å². The number of rotatable bonds is 6. The molecule has 0 N–H and O–H groups in total. The summed E-state index contributed by atoms with van der Waals surface area (Å²) in [7, 11) is 4.67.